The van der Waals surface area contributed by atoms with Gasteiger partial charge in [0.05, 0.1) is 12.0 Å². The number of benzene rings is 1. The highest BCUT2D eigenvalue weighted by molar-refractivity contribution is 5.78. The van der Waals surface area contributed by atoms with Crippen LogP contribution < -0.4 is 5.73 Å². The van der Waals surface area contributed by atoms with Crippen molar-refractivity contribution in [3.05, 3.63) is 35.4 Å². The van der Waals surface area contributed by atoms with Crippen LogP contribution in [0.25, 0.3) is 0 Å². The zero-order valence-corrected chi connectivity index (χ0v) is 10.00. The lowest BCUT2D eigenvalue weighted by atomic mass is 10.1. The van der Waals surface area contributed by atoms with E-state index in [2.05, 4.69) is 0 Å². The number of likely N-dealkylation sites (N-methyl/N-ethyl adjacent to an activating group) is 1. The Bertz CT molecular complexity index is 401. The third-order valence-electron chi connectivity index (χ3n) is 2.53. The molecule has 18 heavy (non-hydrogen) atoms. The van der Waals surface area contributed by atoms with Gasteiger partial charge >= 0.3 is 6.18 Å². The Morgan fingerprint density at radius 2 is 1.83 bits per heavy atom. The van der Waals surface area contributed by atoms with Crippen LogP contribution in [0.5, 0.6) is 0 Å². The van der Waals surface area contributed by atoms with Gasteiger partial charge in [-0.15, -0.1) is 0 Å². The predicted octanol–water partition coefficient (Wildman–Crippen LogP) is 1.67. The maximum atomic E-state index is 12.3. The highest BCUT2D eigenvalue weighted by Crippen LogP contribution is 2.29. The molecule has 3 nitrogen and oxygen atoms in total. The minimum atomic E-state index is -4.35. The van der Waals surface area contributed by atoms with Crippen molar-refractivity contribution in [2.24, 2.45) is 5.73 Å². The molecule has 0 aliphatic rings. The zero-order valence-electron chi connectivity index (χ0n) is 10.00. The number of alkyl halides is 3. The highest BCUT2D eigenvalue weighted by Gasteiger charge is 2.29. The average Bonchev–Trinajstić information content (AvgIpc) is 2.28. The van der Waals surface area contributed by atoms with E-state index in [0.717, 1.165) is 12.1 Å². The van der Waals surface area contributed by atoms with E-state index in [4.69, 9.17) is 5.73 Å². The van der Waals surface area contributed by atoms with E-state index in [1.807, 2.05) is 0 Å². The molecule has 0 saturated heterocycles. The number of halogens is 3. The number of nitrogens with two attached hydrogens (primary N) is 1. The van der Waals surface area contributed by atoms with Crippen LogP contribution in [-0.2, 0) is 17.4 Å². The van der Waals surface area contributed by atoms with Crippen LogP contribution in [0.1, 0.15) is 11.1 Å². The Labute approximate surface area is 103 Å². The molecule has 1 amide bonds. The van der Waals surface area contributed by atoms with E-state index in [9.17, 15) is 18.0 Å². The average molecular weight is 260 g/mol. The molecule has 0 unspecified atom stereocenters. The van der Waals surface area contributed by atoms with Crippen LogP contribution in [0.2, 0.25) is 0 Å². The lowest BCUT2D eigenvalue weighted by Crippen LogP contribution is -2.32. The molecule has 0 fully saturated rings. The van der Waals surface area contributed by atoms with Crippen molar-refractivity contribution in [1.82, 2.24) is 4.90 Å². The molecule has 0 spiro atoms. The van der Waals surface area contributed by atoms with Crippen molar-refractivity contribution < 1.29 is 18.0 Å². The molecule has 0 heterocycles. The molecule has 0 atom stereocenters. The Hall–Kier alpha value is -1.56. The maximum Gasteiger partial charge on any atom is 0.416 e. The summed E-state index contributed by atoms with van der Waals surface area (Å²) in [6.07, 6.45) is -4.27. The van der Waals surface area contributed by atoms with Crippen LogP contribution in [0.3, 0.4) is 0 Å². The smallest absolute Gasteiger partial charge is 0.344 e. The highest BCUT2D eigenvalue weighted by atomic mass is 19.4. The van der Waals surface area contributed by atoms with E-state index >= 15 is 0 Å². The second-order valence-corrected chi connectivity index (χ2v) is 3.98. The number of rotatable bonds is 4. The second-order valence-electron chi connectivity index (χ2n) is 3.98. The molecule has 1 rings (SSSR count). The van der Waals surface area contributed by atoms with Gasteiger partial charge in [-0.2, -0.15) is 13.2 Å². The summed E-state index contributed by atoms with van der Waals surface area (Å²) in [4.78, 5) is 13.1. The molecule has 0 aromatic heterocycles. The lowest BCUT2D eigenvalue weighted by molar-refractivity contribution is -0.137. The van der Waals surface area contributed by atoms with Gasteiger partial charge in [0.15, 0.2) is 0 Å². The largest absolute Gasteiger partial charge is 0.416 e. The van der Waals surface area contributed by atoms with Gasteiger partial charge in [-0.05, 0) is 17.7 Å². The summed E-state index contributed by atoms with van der Waals surface area (Å²) in [7, 11) is 1.61. The minimum absolute atomic E-state index is 0.0780. The van der Waals surface area contributed by atoms with Crippen molar-refractivity contribution in [1.29, 1.82) is 0 Å². The summed E-state index contributed by atoms with van der Waals surface area (Å²) in [5, 5.41) is 0. The Kier molecular flexibility index (Phi) is 4.72. The van der Waals surface area contributed by atoms with Crippen LogP contribution in [0, 0.1) is 0 Å². The van der Waals surface area contributed by atoms with E-state index in [1.165, 1.54) is 17.0 Å². The summed E-state index contributed by atoms with van der Waals surface area (Å²) in [5.41, 5.74) is 5.15. The molecular formula is C12H15F3N2O. The third kappa shape index (κ3) is 4.03. The first kappa shape index (κ1) is 14.5. The second kappa shape index (κ2) is 5.86. The van der Waals surface area contributed by atoms with Gasteiger partial charge in [-0.25, -0.2) is 0 Å². The normalized spacial score (nSPS) is 11.4. The molecular weight excluding hydrogens is 245 g/mol. The number of carbonyl (C=O) groups excluding carboxylic acids is 1. The summed E-state index contributed by atoms with van der Waals surface area (Å²) < 4.78 is 37.0. The van der Waals surface area contributed by atoms with Gasteiger partial charge in [0.2, 0.25) is 5.91 Å². The molecule has 0 aliphatic carbocycles. The van der Waals surface area contributed by atoms with Gasteiger partial charge < -0.3 is 10.6 Å². The quantitative estimate of drug-likeness (QED) is 0.895. The predicted molar refractivity (Wildman–Crippen MR) is 61.8 cm³/mol. The topological polar surface area (TPSA) is 46.3 Å². The molecule has 0 bridgehead atoms. The molecule has 1 aromatic carbocycles. The van der Waals surface area contributed by atoms with E-state index in [-0.39, 0.29) is 12.3 Å². The Balaban J connectivity index is 2.67. The maximum absolute atomic E-state index is 12.3. The van der Waals surface area contributed by atoms with Crippen LogP contribution in [0.15, 0.2) is 24.3 Å². The first-order valence-electron chi connectivity index (χ1n) is 5.44. The zero-order chi connectivity index (χ0) is 13.8. The van der Waals surface area contributed by atoms with Crippen molar-refractivity contribution in [3.63, 3.8) is 0 Å². The summed E-state index contributed by atoms with van der Waals surface area (Å²) >= 11 is 0. The molecule has 6 heteroatoms. The molecule has 100 valence electrons. The minimum Gasteiger partial charge on any atom is -0.344 e. The van der Waals surface area contributed by atoms with Gasteiger partial charge in [-0.3, -0.25) is 4.79 Å². The number of hydrogen-bond donors (Lipinski definition) is 1. The number of hydrogen-bond acceptors (Lipinski definition) is 2. The molecule has 0 aliphatic heterocycles. The van der Waals surface area contributed by atoms with Gasteiger partial charge in [0, 0.05) is 20.1 Å². The van der Waals surface area contributed by atoms with Crippen molar-refractivity contribution in [2.45, 2.75) is 12.6 Å². The standard InChI is InChI=1S/C12H15F3N2O/c1-17(7-6-16)11(18)8-9-2-4-10(5-3-9)12(13,14)15/h2-5H,6-8,16H2,1H3. The summed E-state index contributed by atoms with van der Waals surface area (Å²) in [6.45, 7) is 0.786. The number of amides is 1. The SMILES string of the molecule is CN(CCN)C(=O)Cc1ccc(C(F)(F)F)cc1. The molecule has 0 saturated carbocycles. The van der Waals surface area contributed by atoms with Gasteiger partial charge in [0.25, 0.3) is 0 Å². The van der Waals surface area contributed by atoms with E-state index in [0.29, 0.717) is 18.7 Å². The molecule has 1 aromatic rings. The number of carbonyl (C=O) groups is 1. The molecule has 0 radical (unpaired) electrons. The van der Waals surface area contributed by atoms with E-state index in [1.54, 1.807) is 7.05 Å². The summed E-state index contributed by atoms with van der Waals surface area (Å²) in [6, 6.07) is 4.59. The molecule has 2 N–H and O–H groups in total. The third-order valence-corrected chi connectivity index (χ3v) is 2.53. The van der Waals surface area contributed by atoms with Crippen LogP contribution in [-0.4, -0.2) is 30.9 Å². The fraction of sp³-hybridized carbons (Fsp3) is 0.417. The Morgan fingerprint density at radius 1 is 1.28 bits per heavy atom. The first-order valence-corrected chi connectivity index (χ1v) is 5.44. The lowest BCUT2D eigenvalue weighted by Gasteiger charge is -2.16. The van der Waals surface area contributed by atoms with Crippen LogP contribution in [0.4, 0.5) is 13.2 Å². The van der Waals surface area contributed by atoms with Crippen LogP contribution >= 0.6 is 0 Å². The fourth-order valence-corrected chi connectivity index (χ4v) is 1.44. The Morgan fingerprint density at radius 3 is 2.28 bits per heavy atom. The number of nitrogens with zero attached hydrogens (tertiary/aromatic N) is 1. The van der Waals surface area contributed by atoms with Crippen molar-refractivity contribution in [2.75, 3.05) is 20.1 Å². The van der Waals surface area contributed by atoms with Crippen molar-refractivity contribution >= 4 is 5.91 Å². The van der Waals surface area contributed by atoms with Crippen molar-refractivity contribution in [3.8, 4) is 0 Å². The van der Waals surface area contributed by atoms with Gasteiger partial charge in [-0.1, -0.05) is 12.1 Å². The van der Waals surface area contributed by atoms with E-state index < -0.39 is 11.7 Å². The summed E-state index contributed by atoms with van der Waals surface area (Å²) in [5.74, 6) is -0.166. The first-order chi connectivity index (χ1) is 8.34. The fourth-order valence-electron chi connectivity index (χ4n) is 1.44. The monoisotopic (exact) mass is 260 g/mol. The van der Waals surface area contributed by atoms with Gasteiger partial charge in [0.1, 0.15) is 0 Å².